The van der Waals surface area contributed by atoms with Gasteiger partial charge in [0.15, 0.2) is 11.2 Å². The first-order valence-electron chi connectivity index (χ1n) is 6.11. The van der Waals surface area contributed by atoms with Crippen molar-refractivity contribution in [3.63, 3.8) is 0 Å². The van der Waals surface area contributed by atoms with Gasteiger partial charge < -0.3 is 10.5 Å². The number of nitrogens with two attached hydrogens (primary N) is 1. The Kier molecular flexibility index (Phi) is 2.94. The van der Waals surface area contributed by atoms with Gasteiger partial charge >= 0.3 is 0 Å². The van der Waals surface area contributed by atoms with Crippen molar-refractivity contribution in [3.8, 4) is 5.88 Å². The first-order chi connectivity index (χ1) is 9.69. The zero-order chi connectivity index (χ0) is 14.1. The van der Waals surface area contributed by atoms with Crippen LogP contribution in [0.25, 0.3) is 11.2 Å². The molecule has 20 heavy (non-hydrogen) atoms. The fourth-order valence-electron chi connectivity index (χ4n) is 2.01. The molecule has 0 amide bonds. The Bertz CT molecular complexity index is 749. The monoisotopic (exact) mass is 270 g/mol. The van der Waals surface area contributed by atoms with E-state index in [1.807, 2.05) is 29.8 Å². The Morgan fingerprint density at radius 2 is 2.10 bits per heavy atom. The Labute approximate surface area is 115 Å². The van der Waals surface area contributed by atoms with Gasteiger partial charge in [-0.1, -0.05) is 6.07 Å². The van der Waals surface area contributed by atoms with E-state index in [1.165, 1.54) is 6.33 Å². The molecule has 0 fully saturated rings. The lowest BCUT2D eigenvalue weighted by atomic mass is 10.2. The van der Waals surface area contributed by atoms with E-state index in [0.29, 0.717) is 29.5 Å². The topological polar surface area (TPSA) is 91.7 Å². The minimum absolute atomic E-state index is 0.374. The molecule has 0 bridgehead atoms. The van der Waals surface area contributed by atoms with Crippen LogP contribution in [-0.2, 0) is 6.54 Å². The normalized spacial score (nSPS) is 10.9. The van der Waals surface area contributed by atoms with Crippen LogP contribution in [-0.4, -0.2) is 31.6 Å². The Balaban J connectivity index is 2.07. The molecule has 0 saturated carbocycles. The van der Waals surface area contributed by atoms with E-state index in [1.54, 1.807) is 7.11 Å². The van der Waals surface area contributed by atoms with E-state index in [-0.39, 0.29) is 0 Å². The average molecular weight is 270 g/mol. The summed E-state index contributed by atoms with van der Waals surface area (Å²) >= 11 is 0. The number of aryl methyl sites for hydroxylation is 1. The molecule has 3 heterocycles. The lowest BCUT2D eigenvalue weighted by Gasteiger charge is -2.06. The average Bonchev–Trinajstić information content (AvgIpc) is 2.77. The number of methoxy groups -OCH3 is 1. The van der Waals surface area contributed by atoms with Gasteiger partial charge in [-0.15, -0.1) is 0 Å². The molecule has 0 saturated heterocycles. The van der Waals surface area contributed by atoms with E-state index < -0.39 is 0 Å². The molecule has 0 spiro atoms. The highest BCUT2D eigenvalue weighted by molar-refractivity contribution is 5.79. The van der Waals surface area contributed by atoms with Crippen LogP contribution in [0.3, 0.4) is 0 Å². The van der Waals surface area contributed by atoms with Gasteiger partial charge in [-0.2, -0.15) is 4.98 Å². The van der Waals surface area contributed by atoms with Crippen LogP contribution < -0.4 is 10.5 Å². The molecular weight excluding hydrogens is 256 g/mol. The molecule has 7 nitrogen and oxygen atoms in total. The minimum atomic E-state index is 0.374. The van der Waals surface area contributed by atoms with E-state index in [2.05, 4.69) is 19.9 Å². The van der Waals surface area contributed by atoms with Crippen molar-refractivity contribution in [2.75, 3.05) is 12.8 Å². The van der Waals surface area contributed by atoms with Crippen LogP contribution >= 0.6 is 0 Å². The summed E-state index contributed by atoms with van der Waals surface area (Å²) in [6, 6.07) is 3.96. The highest BCUT2D eigenvalue weighted by Crippen LogP contribution is 2.23. The van der Waals surface area contributed by atoms with Crippen LogP contribution in [0, 0.1) is 6.92 Å². The number of rotatable bonds is 3. The highest BCUT2D eigenvalue weighted by Gasteiger charge is 2.14. The minimum Gasteiger partial charge on any atom is -0.479 e. The second-order valence-corrected chi connectivity index (χ2v) is 4.42. The highest BCUT2D eigenvalue weighted by atomic mass is 16.5. The smallest absolute Gasteiger partial charge is 0.245 e. The maximum atomic E-state index is 5.96. The second kappa shape index (κ2) is 4.76. The summed E-state index contributed by atoms with van der Waals surface area (Å²) < 4.78 is 6.98. The third-order valence-corrected chi connectivity index (χ3v) is 3.03. The van der Waals surface area contributed by atoms with Crippen molar-refractivity contribution in [2.45, 2.75) is 13.5 Å². The molecule has 102 valence electrons. The van der Waals surface area contributed by atoms with E-state index in [0.717, 1.165) is 11.3 Å². The number of anilines is 1. The summed E-state index contributed by atoms with van der Waals surface area (Å²) in [5, 5.41) is 0. The van der Waals surface area contributed by atoms with Gasteiger partial charge in [0.25, 0.3) is 0 Å². The van der Waals surface area contributed by atoms with Gasteiger partial charge in [0.05, 0.1) is 13.7 Å². The zero-order valence-electron chi connectivity index (χ0n) is 11.2. The maximum Gasteiger partial charge on any atom is 0.245 e. The fraction of sp³-hybridized carbons (Fsp3) is 0.231. The van der Waals surface area contributed by atoms with E-state index >= 15 is 0 Å². The van der Waals surface area contributed by atoms with Crippen LogP contribution in [0.1, 0.15) is 11.3 Å². The second-order valence-electron chi connectivity index (χ2n) is 4.42. The number of nitrogens with zero attached hydrogens (tertiary/aromatic N) is 5. The van der Waals surface area contributed by atoms with Gasteiger partial charge in [0, 0.05) is 11.9 Å². The van der Waals surface area contributed by atoms with Crippen LogP contribution in [0.2, 0.25) is 0 Å². The number of hydrogen-bond donors (Lipinski definition) is 1. The summed E-state index contributed by atoms with van der Waals surface area (Å²) in [7, 11) is 1.54. The quantitative estimate of drug-likeness (QED) is 0.768. The van der Waals surface area contributed by atoms with Gasteiger partial charge in [0.1, 0.15) is 6.33 Å². The molecule has 0 aliphatic rings. The molecule has 2 N–H and O–H groups in total. The van der Waals surface area contributed by atoms with Crippen molar-refractivity contribution >= 4 is 17.1 Å². The lowest BCUT2D eigenvalue weighted by molar-refractivity contribution is 0.401. The first-order valence-corrected chi connectivity index (χ1v) is 6.11. The molecule has 0 atom stereocenters. The number of nitrogen functional groups attached to an aromatic ring is 1. The SMILES string of the molecule is COc1ncnc2c1nc(N)n2Cc1ccc(C)nc1. The van der Waals surface area contributed by atoms with Crippen molar-refractivity contribution in [3.05, 3.63) is 35.9 Å². The molecule has 7 heteroatoms. The van der Waals surface area contributed by atoms with Crippen LogP contribution in [0.5, 0.6) is 5.88 Å². The largest absolute Gasteiger partial charge is 0.479 e. The van der Waals surface area contributed by atoms with Crippen LogP contribution in [0.15, 0.2) is 24.7 Å². The lowest BCUT2D eigenvalue weighted by Crippen LogP contribution is -2.05. The van der Waals surface area contributed by atoms with Crippen molar-refractivity contribution < 1.29 is 4.74 Å². The van der Waals surface area contributed by atoms with Crippen molar-refractivity contribution in [1.82, 2.24) is 24.5 Å². The Morgan fingerprint density at radius 1 is 1.25 bits per heavy atom. The molecule has 0 aromatic carbocycles. The number of hydrogen-bond acceptors (Lipinski definition) is 6. The van der Waals surface area contributed by atoms with Gasteiger partial charge in [0.2, 0.25) is 11.8 Å². The summed E-state index contributed by atoms with van der Waals surface area (Å²) in [6.45, 7) is 2.50. The summed E-state index contributed by atoms with van der Waals surface area (Å²) in [5.74, 6) is 0.793. The standard InChI is InChI=1S/C13H14N6O/c1-8-3-4-9(5-15-8)6-19-11-10(18-13(19)14)12(20-2)17-7-16-11/h3-5,7H,6H2,1-2H3,(H2,14,18). The summed E-state index contributed by atoms with van der Waals surface area (Å²) in [5.41, 5.74) is 9.17. The number of imidazole rings is 1. The maximum absolute atomic E-state index is 5.96. The number of ether oxygens (including phenoxy) is 1. The molecule has 0 aliphatic carbocycles. The van der Waals surface area contributed by atoms with E-state index in [9.17, 15) is 0 Å². The molecule has 3 rings (SSSR count). The zero-order valence-corrected chi connectivity index (χ0v) is 11.2. The Morgan fingerprint density at radius 3 is 2.80 bits per heavy atom. The third-order valence-electron chi connectivity index (χ3n) is 3.03. The molecule has 0 radical (unpaired) electrons. The Hall–Kier alpha value is -2.70. The first kappa shape index (κ1) is 12.3. The van der Waals surface area contributed by atoms with Crippen molar-refractivity contribution in [2.24, 2.45) is 0 Å². The molecule has 0 aliphatic heterocycles. The van der Waals surface area contributed by atoms with Crippen molar-refractivity contribution in [1.29, 1.82) is 0 Å². The summed E-state index contributed by atoms with van der Waals surface area (Å²) in [4.78, 5) is 16.8. The number of aromatic nitrogens is 5. The molecule has 3 aromatic heterocycles. The predicted octanol–water partition coefficient (Wildman–Crippen LogP) is 1.17. The molecule has 3 aromatic rings. The molecule has 0 unspecified atom stereocenters. The molecular formula is C13H14N6O. The number of pyridine rings is 1. The van der Waals surface area contributed by atoms with Gasteiger partial charge in [-0.05, 0) is 18.6 Å². The van der Waals surface area contributed by atoms with Gasteiger partial charge in [-0.25, -0.2) is 9.97 Å². The van der Waals surface area contributed by atoms with E-state index in [4.69, 9.17) is 10.5 Å². The fourth-order valence-corrected chi connectivity index (χ4v) is 2.01. The van der Waals surface area contributed by atoms with Gasteiger partial charge in [-0.3, -0.25) is 9.55 Å². The number of fused-ring (bicyclic) bond motifs is 1. The third kappa shape index (κ3) is 2.03. The van der Waals surface area contributed by atoms with Crippen LogP contribution in [0.4, 0.5) is 5.95 Å². The summed E-state index contributed by atoms with van der Waals surface area (Å²) in [6.07, 6.45) is 3.26. The predicted molar refractivity (Wildman–Crippen MR) is 74.4 cm³/mol.